The van der Waals surface area contributed by atoms with Crippen LogP contribution in [-0.2, 0) is 14.8 Å². The third kappa shape index (κ3) is 4.22. The molecule has 1 aliphatic heterocycles. The van der Waals surface area contributed by atoms with Gasteiger partial charge in [0.05, 0.1) is 16.1 Å². The van der Waals surface area contributed by atoms with Crippen molar-refractivity contribution in [3.8, 4) is 0 Å². The lowest BCUT2D eigenvalue weighted by molar-refractivity contribution is -0.117. The molecule has 7 nitrogen and oxygen atoms in total. The van der Waals surface area contributed by atoms with Crippen LogP contribution in [0, 0.1) is 0 Å². The molecule has 0 saturated carbocycles. The van der Waals surface area contributed by atoms with Crippen LogP contribution in [0.1, 0.15) is 23.2 Å². The molecule has 164 valence electrons. The molecule has 0 bridgehead atoms. The number of hydrogen-bond donors (Lipinski definition) is 1. The van der Waals surface area contributed by atoms with Crippen LogP contribution in [0.4, 0.5) is 17.1 Å². The van der Waals surface area contributed by atoms with Gasteiger partial charge in [-0.15, -0.1) is 0 Å². The highest BCUT2D eigenvalue weighted by Crippen LogP contribution is 2.27. The van der Waals surface area contributed by atoms with Crippen molar-refractivity contribution >= 4 is 38.9 Å². The van der Waals surface area contributed by atoms with Crippen molar-refractivity contribution in [3.05, 3.63) is 84.4 Å². The van der Waals surface area contributed by atoms with Crippen LogP contribution in [0.3, 0.4) is 0 Å². The monoisotopic (exact) mass is 449 g/mol. The molecule has 0 aliphatic carbocycles. The molecule has 3 aromatic rings. The third-order valence-electron chi connectivity index (χ3n) is 5.40. The zero-order chi connectivity index (χ0) is 22.7. The minimum absolute atomic E-state index is 0.0957. The van der Waals surface area contributed by atoms with Gasteiger partial charge in [0, 0.05) is 31.4 Å². The smallest absolute Gasteiger partial charge is 0.264 e. The Morgan fingerprint density at radius 3 is 2.25 bits per heavy atom. The summed E-state index contributed by atoms with van der Waals surface area (Å²) in [5.41, 5.74) is 1.84. The fraction of sp³-hybridized carbons (Fsp3) is 0.167. The normalized spacial score (nSPS) is 13.8. The summed E-state index contributed by atoms with van der Waals surface area (Å²) in [6, 6.07) is 21.7. The summed E-state index contributed by atoms with van der Waals surface area (Å²) in [6.45, 7) is 0.695. The minimum atomic E-state index is -3.83. The molecule has 2 amide bonds. The average Bonchev–Trinajstić information content (AvgIpc) is 3.25. The number of nitrogens with zero attached hydrogens (tertiary/aromatic N) is 2. The van der Waals surface area contributed by atoms with Crippen molar-refractivity contribution in [2.24, 2.45) is 0 Å². The lowest BCUT2D eigenvalue weighted by Crippen LogP contribution is -2.29. The molecule has 0 radical (unpaired) electrons. The van der Waals surface area contributed by atoms with E-state index in [0.717, 1.165) is 16.4 Å². The fourth-order valence-electron chi connectivity index (χ4n) is 3.66. The highest BCUT2D eigenvalue weighted by Gasteiger charge is 2.25. The van der Waals surface area contributed by atoms with Gasteiger partial charge in [-0.3, -0.25) is 13.9 Å². The van der Waals surface area contributed by atoms with Crippen molar-refractivity contribution < 1.29 is 18.0 Å². The van der Waals surface area contributed by atoms with Crippen LogP contribution < -0.4 is 14.5 Å². The van der Waals surface area contributed by atoms with Gasteiger partial charge in [0.1, 0.15) is 0 Å². The summed E-state index contributed by atoms with van der Waals surface area (Å²) in [5.74, 6) is -0.334. The van der Waals surface area contributed by atoms with Crippen molar-refractivity contribution in [1.82, 2.24) is 0 Å². The maximum atomic E-state index is 13.0. The lowest BCUT2D eigenvalue weighted by atomic mass is 10.1. The van der Waals surface area contributed by atoms with E-state index < -0.39 is 15.9 Å². The molecule has 1 saturated heterocycles. The van der Waals surface area contributed by atoms with Crippen LogP contribution in [0.5, 0.6) is 0 Å². The van der Waals surface area contributed by atoms with Crippen LogP contribution in [0.15, 0.2) is 83.8 Å². The fourth-order valence-corrected chi connectivity index (χ4v) is 4.90. The van der Waals surface area contributed by atoms with Gasteiger partial charge < -0.3 is 10.2 Å². The van der Waals surface area contributed by atoms with Crippen LogP contribution in [0.25, 0.3) is 0 Å². The van der Waals surface area contributed by atoms with Crippen molar-refractivity contribution in [2.45, 2.75) is 17.7 Å². The Bertz CT molecular complexity index is 1240. The predicted molar refractivity (Wildman–Crippen MR) is 124 cm³/mol. The SMILES string of the molecule is CN(c1ccccc1C(=O)Nc1ccc(N2CCCC2=O)cc1)S(=O)(=O)c1ccccc1. The van der Waals surface area contributed by atoms with E-state index in [2.05, 4.69) is 5.32 Å². The number of anilines is 3. The first kappa shape index (κ1) is 21.6. The molecule has 3 aromatic carbocycles. The van der Waals surface area contributed by atoms with Gasteiger partial charge in [0.15, 0.2) is 0 Å². The Balaban J connectivity index is 1.56. The summed E-state index contributed by atoms with van der Waals surface area (Å²) in [4.78, 5) is 26.8. The number of amides is 2. The number of para-hydroxylation sites is 1. The number of carbonyl (C=O) groups excluding carboxylic acids is 2. The molecule has 0 aromatic heterocycles. The van der Waals surface area contributed by atoms with E-state index in [1.807, 2.05) is 0 Å². The summed E-state index contributed by atoms with van der Waals surface area (Å²) < 4.78 is 27.1. The molecule has 1 fully saturated rings. The first-order chi connectivity index (χ1) is 15.4. The second-order valence-corrected chi connectivity index (χ2v) is 9.42. The summed E-state index contributed by atoms with van der Waals surface area (Å²) >= 11 is 0. The molecule has 4 rings (SSSR count). The number of carbonyl (C=O) groups is 2. The minimum Gasteiger partial charge on any atom is -0.322 e. The number of sulfonamides is 1. The number of hydrogen-bond acceptors (Lipinski definition) is 4. The van der Waals surface area contributed by atoms with Crippen molar-refractivity contribution in [3.63, 3.8) is 0 Å². The molecule has 0 atom stereocenters. The van der Waals surface area contributed by atoms with Gasteiger partial charge >= 0.3 is 0 Å². The highest BCUT2D eigenvalue weighted by atomic mass is 32.2. The highest BCUT2D eigenvalue weighted by molar-refractivity contribution is 7.92. The molecule has 0 spiro atoms. The van der Waals surface area contributed by atoms with E-state index in [1.54, 1.807) is 71.6 Å². The predicted octanol–water partition coefficient (Wildman–Crippen LogP) is 3.89. The van der Waals surface area contributed by atoms with Gasteiger partial charge in [-0.25, -0.2) is 8.42 Å². The van der Waals surface area contributed by atoms with Gasteiger partial charge in [-0.2, -0.15) is 0 Å². The maximum Gasteiger partial charge on any atom is 0.264 e. The topological polar surface area (TPSA) is 86.8 Å². The molecular weight excluding hydrogens is 426 g/mol. The first-order valence-corrected chi connectivity index (χ1v) is 11.7. The maximum absolute atomic E-state index is 13.0. The zero-order valence-electron chi connectivity index (χ0n) is 17.6. The number of benzene rings is 3. The van der Waals surface area contributed by atoms with Crippen LogP contribution in [-0.4, -0.2) is 33.8 Å². The summed E-state index contributed by atoms with van der Waals surface area (Å²) in [6.07, 6.45) is 1.39. The zero-order valence-corrected chi connectivity index (χ0v) is 18.4. The van der Waals surface area contributed by atoms with Crippen LogP contribution in [0.2, 0.25) is 0 Å². The molecule has 0 unspecified atom stereocenters. The van der Waals surface area contributed by atoms with E-state index in [1.165, 1.54) is 19.2 Å². The lowest BCUT2D eigenvalue weighted by Gasteiger charge is -2.22. The second-order valence-electron chi connectivity index (χ2n) is 7.45. The molecule has 8 heteroatoms. The van der Waals surface area contributed by atoms with E-state index in [9.17, 15) is 18.0 Å². The van der Waals surface area contributed by atoms with Gasteiger partial charge in [0.25, 0.3) is 15.9 Å². The molecule has 32 heavy (non-hydrogen) atoms. The molecule has 1 heterocycles. The summed E-state index contributed by atoms with van der Waals surface area (Å²) in [5, 5.41) is 2.81. The Hall–Kier alpha value is -3.65. The Labute approximate surface area is 187 Å². The van der Waals surface area contributed by atoms with Gasteiger partial charge in [0.2, 0.25) is 5.91 Å². The molecule has 1 aliphatic rings. The van der Waals surface area contributed by atoms with Gasteiger partial charge in [-0.1, -0.05) is 30.3 Å². The molecular formula is C24H23N3O4S. The van der Waals surface area contributed by atoms with Gasteiger partial charge in [-0.05, 0) is 55.0 Å². The summed E-state index contributed by atoms with van der Waals surface area (Å²) in [7, 11) is -2.40. The van der Waals surface area contributed by atoms with E-state index >= 15 is 0 Å². The Kier molecular flexibility index (Phi) is 5.96. The van der Waals surface area contributed by atoms with E-state index in [0.29, 0.717) is 18.7 Å². The second kappa shape index (κ2) is 8.84. The largest absolute Gasteiger partial charge is 0.322 e. The third-order valence-corrected chi connectivity index (χ3v) is 7.19. The Morgan fingerprint density at radius 2 is 1.59 bits per heavy atom. The number of nitrogens with one attached hydrogen (secondary N) is 1. The first-order valence-electron chi connectivity index (χ1n) is 10.2. The standard InChI is InChI=1S/C24H23N3O4S/c1-26(32(30,31)20-8-3-2-4-9-20)22-11-6-5-10-21(22)24(29)25-18-13-15-19(16-14-18)27-17-7-12-23(27)28/h2-6,8-11,13-16H,7,12,17H2,1H3,(H,25,29). The quantitative estimate of drug-likeness (QED) is 0.619. The van der Waals surface area contributed by atoms with E-state index in [4.69, 9.17) is 0 Å². The Morgan fingerprint density at radius 1 is 0.938 bits per heavy atom. The van der Waals surface area contributed by atoms with Crippen LogP contribution >= 0.6 is 0 Å². The number of rotatable bonds is 6. The van der Waals surface area contributed by atoms with E-state index in [-0.39, 0.29) is 22.1 Å². The van der Waals surface area contributed by atoms with Crippen molar-refractivity contribution in [1.29, 1.82) is 0 Å². The van der Waals surface area contributed by atoms with Crippen molar-refractivity contribution in [2.75, 3.05) is 28.1 Å². The average molecular weight is 450 g/mol. The molecule has 1 N–H and O–H groups in total.